The number of rotatable bonds is 4. The Morgan fingerprint density at radius 2 is 2.06 bits per heavy atom. The maximum Gasteiger partial charge on any atom is 0.416 e. The summed E-state index contributed by atoms with van der Waals surface area (Å²) in [6, 6.07) is 3.32. The van der Waals surface area contributed by atoms with Gasteiger partial charge in [-0.05, 0) is 24.1 Å². The van der Waals surface area contributed by atoms with E-state index in [0.717, 1.165) is 12.1 Å². The van der Waals surface area contributed by atoms with Gasteiger partial charge in [-0.3, -0.25) is 0 Å². The van der Waals surface area contributed by atoms with E-state index in [2.05, 4.69) is 0 Å². The summed E-state index contributed by atoms with van der Waals surface area (Å²) in [5.41, 5.74) is 4.94. The van der Waals surface area contributed by atoms with Crippen LogP contribution in [0.5, 0.6) is 0 Å². The van der Waals surface area contributed by atoms with Crippen molar-refractivity contribution in [2.75, 3.05) is 18.1 Å². The van der Waals surface area contributed by atoms with Crippen molar-refractivity contribution in [2.45, 2.75) is 18.0 Å². The van der Waals surface area contributed by atoms with Crippen LogP contribution in [0.25, 0.3) is 0 Å². The molecule has 0 heterocycles. The molecule has 1 atom stereocenters. The highest BCUT2D eigenvalue weighted by atomic mass is 32.2. The number of nitrogen functional groups attached to an aromatic ring is 1. The van der Waals surface area contributed by atoms with Crippen molar-refractivity contribution < 1.29 is 18.3 Å². The highest BCUT2D eigenvalue weighted by Crippen LogP contribution is 2.34. The number of thioether (sulfide) groups is 1. The number of hydrogen-bond acceptors (Lipinski definition) is 3. The van der Waals surface area contributed by atoms with Crippen molar-refractivity contribution in [1.29, 1.82) is 0 Å². The second-order valence-electron chi connectivity index (χ2n) is 3.85. The number of alkyl halides is 3. The number of anilines is 1. The van der Waals surface area contributed by atoms with Crippen LogP contribution in [0.3, 0.4) is 0 Å². The molecule has 0 aliphatic rings. The lowest BCUT2D eigenvalue weighted by Gasteiger charge is -2.12. The number of halogens is 3. The molecule has 96 valence electrons. The Morgan fingerprint density at radius 3 is 2.53 bits per heavy atom. The highest BCUT2D eigenvalue weighted by molar-refractivity contribution is 7.99. The molecule has 1 aromatic carbocycles. The fourth-order valence-electron chi connectivity index (χ4n) is 1.14. The number of benzene rings is 1. The van der Waals surface area contributed by atoms with Gasteiger partial charge >= 0.3 is 6.18 Å². The molecule has 0 bridgehead atoms. The number of nitrogens with two attached hydrogens (primary N) is 1. The average molecular weight is 265 g/mol. The maximum atomic E-state index is 12.4. The molecule has 0 amide bonds. The van der Waals surface area contributed by atoms with Crippen LogP contribution in [0.2, 0.25) is 0 Å². The average Bonchev–Trinajstić information content (AvgIpc) is 2.25. The van der Waals surface area contributed by atoms with E-state index >= 15 is 0 Å². The van der Waals surface area contributed by atoms with Crippen LogP contribution < -0.4 is 5.73 Å². The molecule has 3 N–H and O–H groups in total. The summed E-state index contributed by atoms with van der Waals surface area (Å²) in [4.78, 5) is 0.610. The summed E-state index contributed by atoms with van der Waals surface area (Å²) in [5, 5.41) is 8.84. The fraction of sp³-hybridized carbons (Fsp3) is 0.455. The van der Waals surface area contributed by atoms with Gasteiger partial charge in [-0.2, -0.15) is 13.2 Å². The molecule has 1 unspecified atom stereocenters. The predicted molar refractivity (Wildman–Crippen MR) is 62.8 cm³/mol. The maximum absolute atomic E-state index is 12.4. The van der Waals surface area contributed by atoms with E-state index in [4.69, 9.17) is 10.8 Å². The third kappa shape index (κ3) is 4.12. The SMILES string of the molecule is CC(CO)CSc1ccc(C(F)(F)F)cc1N. The summed E-state index contributed by atoms with van der Waals surface area (Å²) in [5.74, 6) is 0.702. The van der Waals surface area contributed by atoms with E-state index in [-0.39, 0.29) is 18.2 Å². The largest absolute Gasteiger partial charge is 0.416 e. The van der Waals surface area contributed by atoms with Crippen molar-refractivity contribution in [3.8, 4) is 0 Å². The van der Waals surface area contributed by atoms with Crippen molar-refractivity contribution in [3.05, 3.63) is 23.8 Å². The van der Waals surface area contributed by atoms with Gasteiger partial charge in [-0.15, -0.1) is 11.8 Å². The normalized spacial score (nSPS) is 13.7. The zero-order valence-corrected chi connectivity index (χ0v) is 10.1. The summed E-state index contributed by atoms with van der Waals surface area (Å²) >= 11 is 1.35. The van der Waals surface area contributed by atoms with Gasteiger partial charge in [0.05, 0.1) is 5.56 Å². The van der Waals surface area contributed by atoms with Crippen LogP contribution >= 0.6 is 11.8 Å². The molecule has 0 aliphatic heterocycles. The quantitative estimate of drug-likeness (QED) is 0.650. The Balaban J connectivity index is 2.77. The Hall–Kier alpha value is -0.880. The van der Waals surface area contributed by atoms with Gasteiger partial charge < -0.3 is 10.8 Å². The minimum Gasteiger partial charge on any atom is -0.398 e. The van der Waals surface area contributed by atoms with Crippen LogP contribution in [0.1, 0.15) is 12.5 Å². The molecule has 0 fully saturated rings. The van der Waals surface area contributed by atoms with E-state index in [9.17, 15) is 13.2 Å². The van der Waals surface area contributed by atoms with E-state index in [1.807, 2.05) is 6.92 Å². The first-order valence-corrected chi connectivity index (χ1v) is 6.03. The minimum absolute atomic E-state index is 0.0491. The zero-order valence-electron chi connectivity index (χ0n) is 9.29. The lowest BCUT2D eigenvalue weighted by Crippen LogP contribution is -2.07. The molecular formula is C11H14F3NOS. The third-order valence-electron chi connectivity index (χ3n) is 2.17. The van der Waals surface area contributed by atoms with Crippen LogP contribution in [0.4, 0.5) is 18.9 Å². The zero-order chi connectivity index (χ0) is 13.1. The van der Waals surface area contributed by atoms with Crippen molar-refractivity contribution in [1.82, 2.24) is 0 Å². The first-order chi connectivity index (χ1) is 7.84. The van der Waals surface area contributed by atoms with Crippen molar-refractivity contribution in [2.24, 2.45) is 5.92 Å². The molecule has 2 nitrogen and oxygen atoms in total. The molecule has 1 rings (SSSR count). The number of hydrogen-bond donors (Lipinski definition) is 2. The van der Waals surface area contributed by atoms with E-state index in [1.165, 1.54) is 17.8 Å². The van der Waals surface area contributed by atoms with Gasteiger partial charge in [0.25, 0.3) is 0 Å². The predicted octanol–water partition coefficient (Wildman–Crippen LogP) is 3.01. The minimum atomic E-state index is -4.37. The van der Waals surface area contributed by atoms with E-state index in [1.54, 1.807) is 0 Å². The summed E-state index contributed by atoms with van der Waals surface area (Å²) in [6.07, 6.45) is -4.37. The molecule has 0 aliphatic carbocycles. The first-order valence-electron chi connectivity index (χ1n) is 5.05. The summed E-state index contributed by atoms with van der Waals surface area (Å²) in [6.45, 7) is 1.90. The van der Waals surface area contributed by atoms with E-state index in [0.29, 0.717) is 10.6 Å². The smallest absolute Gasteiger partial charge is 0.398 e. The van der Waals surface area contributed by atoms with Gasteiger partial charge in [-0.25, -0.2) is 0 Å². The van der Waals surface area contributed by atoms with Crippen molar-refractivity contribution in [3.63, 3.8) is 0 Å². The van der Waals surface area contributed by atoms with Crippen LogP contribution in [-0.4, -0.2) is 17.5 Å². The molecule has 0 saturated carbocycles. The molecule has 6 heteroatoms. The fourth-order valence-corrected chi connectivity index (χ4v) is 2.10. The second-order valence-corrected chi connectivity index (χ2v) is 4.91. The Kier molecular flexibility index (Phi) is 4.70. The van der Waals surface area contributed by atoms with Gasteiger partial charge in [0.2, 0.25) is 0 Å². The lowest BCUT2D eigenvalue weighted by molar-refractivity contribution is -0.137. The van der Waals surface area contributed by atoms with Crippen molar-refractivity contribution >= 4 is 17.4 Å². The van der Waals surface area contributed by atoms with Gasteiger partial charge in [-0.1, -0.05) is 6.92 Å². The summed E-state index contributed by atoms with van der Waals surface area (Å²) in [7, 11) is 0. The number of aliphatic hydroxyl groups excluding tert-OH is 1. The first kappa shape index (κ1) is 14.2. The third-order valence-corrected chi connectivity index (χ3v) is 3.59. The van der Waals surface area contributed by atoms with E-state index < -0.39 is 11.7 Å². The van der Waals surface area contributed by atoms with Crippen LogP contribution in [0.15, 0.2) is 23.1 Å². The second kappa shape index (κ2) is 5.64. The molecule has 1 aromatic rings. The van der Waals surface area contributed by atoms with Gasteiger partial charge in [0.1, 0.15) is 0 Å². The monoisotopic (exact) mass is 265 g/mol. The number of aliphatic hydroxyl groups is 1. The van der Waals surface area contributed by atoms with Gasteiger partial charge in [0, 0.05) is 22.9 Å². The molecular weight excluding hydrogens is 251 g/mol. The van der Waals surface area contributed by atoms with Crippen LogP contribution in [-0.2, 0) is 6.18 Å². The standard InChI is InChI=1S/C11H14F3NOS/c1-7(5-16)6-17-10-3-2-8(4-9(10)15)11(12,13)14/h2-4,7,16H,5-6,15H2,1H3. The summed E-state index contributed by atoms with van der Waals surface area (Å²) < 4.78 is 37.1. The molecule has 0 radical (unpaired) electrons. The van der Waals surface area contributed by atoms with Gasteiger partial charge in [0.15, 0.2) is 0 Å². The highest BCUT2D eigenvalue weighted by Gasteiger charge is 2.30. The molecule has 0 aromatic heterocycles. The molecule has 0 spiro atoms. The Morgan fingerprint density at radius 1 is 1.41 bits per heavy atom. The lowest BCUT2D eigenvalue weighted by atomic mass is 10.2. The topological polar surface area (TPSA) is 46.2 Å². The van der Waals surface area contributed by atoms with Crippen LogP contribution in [0, 0.1) is 5.92 Å². The Labute approximate surface area is 102 Å². The molecule has 0 saturated heterocycles. The Bertz CT molecular complexity index is 381. The molecule has 17 heavy (non-hydrogen) atoms.